The van der Waals surface area contributed by atoms with E-state index < -0.39 is 21.9 Å². The fourth-order valence-electron chi connectivity index (χ4n) is 2.07. The van der Waals surface area contributed by atoms with E-state index in [-0.39, 0.29) is 18.0 Å². The zero-order valence-electron chi connectivity index (χ0n) is 10.3. The van der Waals surface area contributed by atoms with Crippen molar-refractivity contribution in [1.29, 1.82) is 0 Å². The summed E-state index contributed by atoms with van der Waals surface area (Å²) in [6.07, 6.45) is 0.365. The average molecular weight is 348 g/mol. The number of hydrogen-bond acceptors (Lipinski definition) is 3. The van der Waals surface area contributed by atoms with E-state index in [0.717, 1.165) is 10.0 Å². The number of aryl methyl sites for hydroxylation is 1. The van der Waals surface area contributed by atoms with E-state index in [9.17, 15) is 13.2 Å². The van der Waals surface area contributed by atoms with Gasteiger partial charge < -0.3 is 5.11 Å². The van der Waals surface area contributed by atoms with Crippen LogP contribution in [0.25, 0.3) is 0 Å². The highest BCUT2D eigenvalue weighted by atomic mass is 79.9. The summed E-state index contributed by atoms with van der Waals surface area (Å²) in [5, 5.41) is 8.92. The minimum Gasteiger partial charge on any atom is -0.481 e. The molecule has 19 heavy (non-hydrogen) atoms. The number of carbonyl (C=O) groups is 1. The van der Waals surface area contributed by atoms with Gasteiger partial charge in [0, 0.05) is 17.6 Å². The number of hydrogen-bond donors (Lipinski definition) is 1. The van der Waals surface area contributed by atoms with E-state index in [4.69, 9.17) is 5.11 Å². The highest BCUT2D eigenvalue weighted by molar-refractivity contribution is 9.10. The molecule has 0 aromatic heterocycles. The molecule has 1 fully saturated rings. The van der Waals surface area contributed by atoms with Gasteiger partial charge in [0.15, 0.2) is 0 Å². The van der Waals surface area contributed by atoms with Gasteiger partial charge in [-0.05, 0) is 37.1 Å². The summed E-state index contributed by atoms with van der Waals surface area (Å²) in [6.45, 7) is 2.12. The lowest BCUT2D eigenvalue weighted by Gasteiger charge is -2.16. The molecule has 1 aromatic carbocycles. The van der Waals surface area contributed by atoms with Crippen molar-refractivity contribution < 1.29 is 18.3 Å². The Labute approximate surface area is 120 Å². The molecule has 2 rings (SSSR count). The molecule has 1 saturated heterocycles. The fourth-order valence-corrected chi connectivity index (χ4v) is 3.91. The van der Waals surface area contributed by atoms with Crippen LogP contribution in [0.3, 0.4) is 0 Å². The van der Waals surface area contributed by atoms with Crippen LogP contribution in [0.5, 0.6) is 0 Å². The van der Waals surface area contributed by atoms with Crippen LogP contribution in [0, 0.1) is 12.8 Å². The molecule has 0 saturated carbocycles. The molecule has 1 atom stereocenters. The van der Waals surface area contributed by atoms with Crippen LogP contribution in [0.15, 0.2) is 27.6 Å². The Morgan fingerprint density at radius 2 is 2.16 bits per heavy atom. The lowest BCUT2D eigenvalue weighted by molar-refractivity contribution is -0.141. The van der Waals surface area contributed by atoms with Crippen LogP contribution in [0.1, 0.15) is 12.0 Å². The zero-order valence-corrected chi connectivity index (χ0v) is 12.7. The number of carboxylic acids is 1. The summed E-state index contributed by atoms with van der Waals surface area (Å²) in [7, 11) is -3.60. The largest absolute Gasteiger partial charge is 0.481 e. The van der Waals surface area contributed by atoms with Gasteiger partial charge in [0.25, 0.3) is 0 Å². The first kappa shape index (κ1) is 14.5. The van der Waals surface area contributed by atoms with Crippen molar-refractivity contribution in [2.45, 2.75) is 18.2 Å². The van der Waals surface area contributed by atoms with Gasteiger partial charge in [-0.15, -0.1) is 0 Å². The molecule has 1 aliphatic rings. The number of rotatable bonds is 3. The quantitative estimate of drug-likeness (QED) is 0.905. The van der Waals surface area contributed by atoms with Crippen molar-refractivity contribution in [1.82, 2.24) is 4.31 Å². The van der Waals surface area contributed by atoms with Gasteiger partial charge in [0.05, 0.1) is 10.8 Å². The Morgan fingerprint density at radius 1 is 1.47 bits per heavy atom. The molecule has 1 aliphatic heterocycles. The minimum atomic E-state index is -3.60. The van der Waals surface area contributed by atoms with Crippen molar-refractivity contribution in [2.75, 3.05) is 13.1 Å². The van der Waals surface area contributed by atoms with Crippen molar-refractivity contribution in [3.8, 4) is 0 Å². The fraction of sp³-hybridized carbons (Fsp3) is 0.417. The predicted octanol–water partition coefficient (Wildman–Crippen LogP) is 1.85. The molecule has 0 aliphatic carbocycles. The third kappa shape index (κ3) is 2.82. The van der Waals surface area contributed by atoms with Crippen molar-refractivity contribution in [3.63, 3.8) is 0 Å². The maximum absolute atomic E-state index is 12.4. The van der Waals surface area contributed by atoms with Gasteiger partial charge in [-0.25, -0.2) is 8.42 Å². The summed E-state index contributed by atoms with van der Waals surface area (Å²) >= 11 is 3.32. The molecule has 0 amide bonds. The minimum absolute atomic E-state index is 0.0484. The normalized spacial score (nSPS) is 20.6. The molecule has 1 heterocycles. The number of halogens is 1. The van der Waals surface area contributed by atoms with E-state index in [1.54, 1.807) is 12.1 Å². The highest BCUT2D eigenvalue weighted by Crippen LogP contribution is 2.27. The number of sulfonamides is 1. The summed E-state index contributed by atoms with van der Waals surface area (Å²) in [5.41, 5.74) is 0.829. The second-order valence-electron chi connectivity index (χ2n) is 4.60. The van der Waals surface area contributed by atoms with E-state index in [1.165, 1.54) is 10.4 Å². The number of carboxylic acid groups (broad SMARTS) is 1. The molecule has 0 radical (unpaired) electrons. The maximum atomic E-state index is 12.4. The topological polar surface area (TPSA) is 74.7 Å². The monoisotopic (exact) mass is 347 g/mol. The third-order valence-electron chi connectivity index (χ3n) is 3.27. The summed E-state index contributed by atoms with van der Waals surface area (Å²) in [6, 6.07) is 4.81. The highest BCUT2D eigenvalue weighted by Gasteiger charge is 2.35. The second-order valence-corrected chi connectivity index (χ2v) is 7.39. The van der Waals surface area contributed by atoms with Crippen LogP contribution in [-0.4, -0.2) is 36.9 Å². The van der Waals surface area contributed by atoms with E-state index in [1.807, 2.05) is 6.92 Å². The summed E-state index contributed by atoms with van der Waals surface area (Å²) < 4.78 is 26.9. The van der Waals surface area contributed by atoms with Crippen LogP contribution in [-0.2, 0) is 14.8 Å². The molecule has 0 bridgehead atoms. The van der Waals surface area contributed by atoms with Crippen LogP contribution in [0.4, 0.5) is 0 Å². The first-order valence-corrected chi connectivity index (χ1v) is 8.05. The van der Waals surface area contributed by atoms with Crippen LogP contribution < -0.4 is 0 Å². The van der Waals surface area contributed by atoms with Crippen LogP contribution >= 0.6 is 15.9 Å². The molecular weight excluding hydrogens is 334 g/mol. The molecule has 104 valence electrons. The average Bonchev–Trinajstić information content (AvgIpc) is 2.82. The molecule has 0 spiro atoms. The number of aliphatic carboxylic acids is 1. The predicted molar refractivity (Wildman–Crippen MR) is 73.4 cm³/mol. The Morgan fingerprint density at radius 3 is 2.68 bits per heavy atom. The second kappa shape index (κ2) is 5.22. The Hall–Kier alpha value is -0.920. The van der Waals surface area contributed by atoms with Crippen molar-refractivity contribution >= 4 is 31.9 Å². The number of nitrogens with zero attached hydrogens (tertiary/aromatic N) is 1. The molecule has 1 N–H and O–H groups in total. The van der Waals surface area contributed by atoms with E-state index >= 15 is 0 Å². The molecule has 7 heteroatoms. The van der Waals surface area contributed by atoms with E-state index in [2.05, 4.69) is 15.9 Å². The lowest BCUT2D eigenvalue weighted by atomic mass is 10.1. The Balaban J connectivity index is 2.28. The lowest BCUT2D eigenvalue weighted by Crippen LogP contribution is -2.30. The van der Waals surface area contributed by atoms with Crippen molar-refractivity contribution in [2.24, 2.45) is 5.92 Å². The smallest absolute Gasteiger partial charge is 0.307 e. The molecule has 1 aromatic rings. The van der Waals surface area contributed by atoms with Gasteiger partial charge in [-0.1, -0.05) is 15.9 Å². The van der Waals surface area contributed by atoms with Gasteiger partial charge in [0.1, 0.15) is 0 Å². The molecule has 0 unspecified atom stereocenters. The van der Waals surface area contributed by atoms with E-state index in [0.29, 0.717) is 6.42 Å². The molecular formula is C12H14BrNO4S. The van der Waals surface area contributed by atoms with Gasteiger partial charge in [0.2, 0.25) is 10.0 Å². The standard InChI is InChI=1S/C12H14BrNO4S/c1-8-6-10(2-3-11(8)13)19(17,18)14-5-4-9(7-14)12(15)16/h2-3,6,9H,4-5,7H2,1H3,(H,15,16)/t9-/m0/s1. The summed E-state index contributed by atoms with van der Waals surface area (Å²) in [4.78, 5) is 11.1. The van der Waals surface area contributed by atoms with Gasteiger partial charge in [-0.2, -0.15) is 4.31 Å². The van der Waals surface area contributed by atoms with Gasteiger partial charge in [-0.3, -0.25) is 4.79 Å². The zero-order chi connectivity index (χ0) is 14.2. The SMILES string of the molecule is Cc1cc(S(=O)(=O)N2CC[C@H](C(=O)O)C2)ccc1Br. The first-order valence-electron chi connectivity index (χ1n) is 5.81. The maximum Gasteiger partial charge on any atom is 0.307 e. The molecule has 5 nitrogen and oxygen atoms in total. The Kier molecular flexibility index (Phi) is 3.98. The Bertz CT molecular complexity index is 614. The third-order valence-corrected chi connectivity index (χ3v) is 6.02. The van der Waals surface area contributed by atoms with Crippen molar-refractivity contribution in [3.05, 3.63) is 28.2 Å². The summed E-state index contributed by atoms with van der Waals surface area (Å²) in [5.74, 6) is -1.55. The first-order chi connectivity index (χ1) is 8.82. The van der Waals surface area contributed by atoms with Crippen LogP contribution in [0.2, 0.25) is 0 Å². The number of benzene rings is 1. The van der Waals surface area contributed by atoms with Gasteiger partial charge >= 0.3 is 5.97 Å².